The summed E-state index contributed by atoms with van der Waals surface area (Å²) in [4.78, 5) is 22.5. The Balaban J connectivity index is 2.31. The molecule has 0 fully saturated rings. The van der Waals surface area contributed by atoms with Gasteiger partial charge in [-0.15, -0.1) is 0 Å². The molecule has 0 atom stereocenters. The van der Waals surface area contributed by atoms with Crippen molar-refractivity contribution in [1.29, 1.82) is 0 Å². The largest absolute Gasteiger partial charge is 0.348 e. The van der Waals surface area contributed by atoms with Crippen LogP contribution < -0.4 is 10.6 Å². The number of rotatable bonds is 5. The lowest BCUT2D eigenvalue weighted by Gasteiger charge is -2.06. The monoisotopic (exact) mass is 252 g/mol. The minimum absolute atomic E-state index is 0.235. The van der Waals surface area contributed by atoms with Crippen LogP contribution in [0.5, 0.6) is 0 Å². The van der Waals surface area contributed by atoms with Crippen LogP contribution in [0.25, 0.3) is 0 Å². The van der Waals surface area contributed by atoms with Gasteiger partial charge in [-0.2, -0.15) is 0 Å². The van der Waals surface area contributed by atoms with Crippen LogP contribution in [-0.4, -0.2) is 24.9 Å². The summed E-state index contributed by atoms with van der Waals surface area (Å²) in [6.07, 6.45) is 1.13. The summed E-state index contributed by atoms with van der Waals surface area (Å²) < 4.78 is 13.2. The van der Waals surface area contributed by atoms with E-state index in [0.29, 0.717) is 18.5 Å². The molecule has 0 saturated carbocycles. The van der Waals surface area contributed by atoms with Crippen molar-refractivity contribution in [2.45, 2.75) is 19.8 Å². The summed E-state index contributed by atoms with van der Waals surface area (Å²) >= 11 is 0. The minimum atomic E-state index is -0.681. The van der Waals surface area contributed by atoms with E-state index in [9.17, 15) is 14.0 Å². The van der Waals surface area contributed by atoms with Crippen molar-refractivity contribution in [3.63, 3.8) is 0 Å². The van der Waals surface area contributed by atoms with Crippen LogP contribution in [0.1, 0.15) is 18.9 Å². The molecule has 4 nitrogen and oxygen atoms in total. The highest BCUT2D eigenvalue weighted by atomic mass is 19.1. The van der Waals surface area contributed by atoms with Crippen LogP contribution in [0.2, 0.25) is 0 Å². The zero-order valence-electron chi connectivity index (χ0n) is 10.3. The molecule has 0 saturated heterocycles. The summed E-state index contributed by atoms with van der Waals surface area (Å²) in [6, 6.07) is 6.35. The molecule has 1 rings (SSSR count). The van der Waals surface area contributed by atoms with Gasteiger partial charge in [0.15, 0.2) is 0 Å². The fraction of sp³-hybridized carbons (Fsp3) is 0.385. The van der Waals surface area contributed by atoms with Crippen LogP contribution in [0.15, 0.2) is 24.3 Å². The molecule has 18 heavy (non-hydrogen) atoms. The lowest BCUT2D eigenvalue weighted by molar-refractivity contribution is -0.139. The fourth-order valence-electron chi connectivity index (χ4n) is 1.41. The summed E-state index contributed by atoms with van der Waals surface area (Å²) in [7, 11) is 0. The second-order valence-electron chi connectivity index (χ2n) is 3.85. The summed E-state index contributed by atoms with van der Waals surface area (Å²) in [6.45, 7) is 2.61. The number of carbonyl (C=O) groups is 2. The quantitative estimate of drug-likeness (QED) is 0.768. The van der Waals surface area contributed by atoms with E-state index in [-0.39, 0.29) is 12.4 Å². The Labute approximate surface area is 106 Å². The van der Waals surface area contributed by atoms with Gasteiger partial charge in [0.2, 0.25) is 0 Å². The zero-order chi connectivity index (χ0) is 13.4. The molecule has 2 amide bonds. The number of halogens is 1. The van der Waals surface area contributed by atoms with Gasteiger partial charge in [0.1, 0.15) is 5.82 Å². The van der Waals surface area contributed by atoms with Crippen molar-refractivity contribution in [3.8, 4) is 0 Å². The number of benzene rings is 1. The van der Waals surface area contributed by atoms with E-state index < -0.39 is 11.8 Å². The Hall–Kier alpha value is -1.91. The molecule has 0 unspecified atom stereocenters. The molecule has 0 aromatic heterocycles. The molecule has 5 heteroatoms. The number of hydrogen-bond donors (Lipinski definition) is 2. The van der Waals surface area contributed by atoms with Crippen molar-refractivity contribution in [2.24, 2.45) is 0 Å². The maximum Gasteiger partial charge on any atom is 0.309 e. The molecule has 0 aliphatic rings. The third-order valence-electron chi connectivity index (χ3n) is 2.38. The van der Waals surface area contributed by atoms with Gasteiger partial charge in [0.25, 0.3) is 0 Å². The van der Waals surface area contributed by atoms with Crippen molar-refractivity contribution in [2.75, 3.05) is 13.1 Å². The Morgan fingerprint density at radius 2 is 1.72 bits per heavy atom. The first-order valence-corrected chi connectivity index (χ1v) is 5.94. The molecule has 1 aromatic rings. The summed E-state index contributed by atoms with van der Waals surface area (Å²) in [5.74, 6) is -1.63. The molecule has 98 valence electrons. The van der Waals surface area contributed by atoms with E-state index in [4.69, 9.17) is 0 Å². The zero-order valence-corrected chi connectivity index (χ0v) is 10.3. The highest BCUT2D eigenvalue weighted by molar-refractivity contribution is 6.35. The van der Waals surface area contributed by atoms with Gasteiger partial charge in [-0.1, -0.05) is 25.1 Å². The van der Waals surface area contributed by atoms with Crippen LogP contribution in [0, 0.1) is 5.82 Å². The molecule has 0 heterocycles. The van der Waals surface area contributed by atoms with Gasteiger partial charge in [-0.05, 0) is 24.5 Å². The lowest BCUT2D eigenvalue weighted by atomic mass is 10.1. The average Bonchev–Trinajstić information content (AvgIpc) is 2.38. The van der Waals surface area contributed by atoms with Crippen LogP contribution in [0.3, 0.4) is 0 Å². The maximum atomic E-state index is 13.2. The van der Waals surface area contributed by atoms with E-state index in [0.717, 1.165) is 6.42 Å². The average molecular weight is 252 g/mol. The highest BCUT2D eigenvalue weighted by Gasteiger charge is 2.11. The topological polar surface area (TPSA) is 58.2 Å². The predicted molar refractivity (Wildman–Crippen MR) is 66.4 cm³/mol. The SMILES string of the molecule is CCCNC(=O)C(=O)NCCc1ccccc1F. The highest BCUT2D eigenvalue weighted by Crippen LogP contribution is 2.05. The predicted octanol–water partition coefficient (Wildman–Crippen LogP) is 1.01. The van der Waals surface area contributed by atoms with E-state index in [1.54, 1.807) is 18.2 Å². The molecular formula is C13H17FN2O2. The first kappa shape index (κ1) is 14.2. The Morgan fingerprint density at radius 1 is 1.11 bits per heavy atom. The van der Waals surface area contributed by atoms with E-state index in [1.807, 2.05) is 6.92 Å². The summed E-state index contributed by atoms with van der Waals surface area (Å²) in [5.41, 5.74) is 0.520. The molecule has 0 aliphatic heterocycles. The second kappa shape index (κ2) is 7.42. The first-order valence-electron chi connectivity index (χ1n) is 5.94. The minimum Gasteiger partial charge on any atom is -0.348 e. The van der Waals surface area contributed by atoms with Gasteiger partial charge in [-0.25, -0.2) is 4.39 Å². The van der Waals surface area contributed by atoms with Gasteiger partial charge >= 0.3 is 11.8 Å². The smallest absolute Gasteiger partial charge is 0.309 e. The normalized spacial score (nSPS) is 9.89. The fourth-order valence-corrected chi connectivity index (χ4v) is 1.41. The second-order valence-corrected chi connectivity index (χ2v) is 3.85. The van der Waals surface area contributed by atoms with Crippen LogP contribution in [0.4, 0.5) is 4.39 Å². The van der Waals surface area contributed by atoms with Crippen molar-refractivity contribution >= 4 is 11.8 Å². The number of amides is 2. The Bertz CT molecular complexity index is 421. The van der Waals surface area contributed by atoms with Gasteiger partial charge in [0.05, 0.1) is 0 Å². The Morgan fingerprint density at radius 3 is 2.33 bits per heavy atom. The molecule has 2 N–H and O–H groups in total. The van der Waals surface area contributed by atoms with Crippen molar-refractivity contribution < 1.29 is 14.0 Å². The third kappa shape index (κ3) is 4.53. The van der Waals surface area contributed by atoms with Crippen molar-refractivity contribution in [1.82, 2.24) is 10.6 Å². The number of hydrogen-bond acceptors (Lipinski definition) is 2. The molecule has 0 aliphatic carbocycles. The van der Waals surface area contributed by atoms with Crippen LogP contribution in [-0.2, 0) is 16.0 Å². The van der Waals surface area contributed by atoms with E-state index in [2.05, 4.69) is 10.6 Å². The molecule has 0 radical (unpaired) electrons. The molecule has 0 spiro atoms. The van der Waals surface area contributed by atoms with Gasteiger partial charge in [-0.3, -0.25) is 9.59 Å². The number of carbonyl (C=O) groups excluding carboxylic acids is 2. The first-order chi connectivity index (χ1) is 8.65. The lowest BCUT2D eigenvalue weighted by Crippen LogP contribution is -2.40. The summed E-state index contributed by atoms with van der Waals surface area (Å²) in [5, 5.41) is 4.92. The van der Waals surface area contributed by atoms with Gasteiger partial charge in [0, 0.05) is 13.1 Å². The van der Waals surface area contributed by atoms with E-state index >= 15 is 0 Å². The molecular weight excluding hydrogens is 235 g/mol. The third-order valence-corrected chi connectivity index (χ3v) is 2.38. The van der Waals surface area contributed by atoms with Crippen LogP contribution >= 0.6 is 0 Å². The standard InChI is InChI=1S/C13H17FN2O2/c1-2-8-15-12(17)13(18)16-9-7-10-5-3-4-6-11(10)14/h3-6H,2,7-9H2,1H3,(H,15,17)(H,16,18). The van der Waals surface area contributed by atoms with E-state index in [1.165, 1.54) is 6.07 Å². The maximum absolute atomic E-state index is 13.2. The van der Waals surface area contributed by atoms with Gasteiger partial charge < -0.3 is 10.6 Å². The number of nitrogens with one attached hydrogen (secondary N) is 2. The molecule has 1 aromatic carbocycles. The van der Waals surface area contributed by atoms with Crippen molar-refractivity contribution in [3.05, 3.63) is 35.6 Å². The molecule has 0 bridgehead atoms. The Kier molecular flexibility index (Phi) is 5.84.